The topological polar surface area (TPSA) is 66.8 Å². The lowest BCUT2D eigenvalue weighted by Crippen LogP contribution is -2.47. The third-order valence-electron chi connectivity index (χ3n) is 4.22. The number of benzene rings is 1. The number of nitrogens with zero attached hydrogens (tertiary/aromatic N) is 1. The quantitative estimate of drug-likeness (QED) is 0.772. The largest absolute Gasteiger partial charge is 0.497 e. The third-order valence-corrected chi connectivity index (χ3v) is 5.23. The Kier molecular flexibility index (Phi) is 5.87. The van der Waals surface area contributed by atoms with Crippen LogP contribution >= 0.6 is 11.8 Å². The van der Waals surface area contributed by atoms with Crippen LogP contribution in [0.25, 0.3) is 0 Å². The van der Waals surface area contributed by atoms with E-state index in [-0.39, 0.29) is 13.0 Å². The van der Waals surface area contributed by atoms with Gasteiger partial charge in [0.25, 0.3) is 0 Å². The van der Waals surface area contributed by atoms with Crippen LogP contribution in [0.2, 0.25) is 0 Å². The van der Waals surface area contributed by atoms with Crippen LogP contribution in [0.15, 0.2) is 29.2 Å². The highest BCUT2D eigenvalue weighted by Crippen LogP contribution is 2.45. The maximum atomic E-state index is 13.1. The van der Waals surface area contributed by atoms with Crippen molar-refractivity contribution in [2.24, 2.45) is 5.41 Å². The lowest BCUT2D eigenvalue weighted by molar-refractivity contribution is -0.227. The molecule has 1 saturated heterocycles. The Morgan fingerprint density at radius 1 is 1.32 bits per heavy atom. The molecule has 138 valence electrons. The van der Waals surface area contributed by atoms with E-state index in [0.717, 1.165) is 9.80 Å². The van der Waals surface area contributed by atoms with Crippen LogP contribution in [-0.4, -0.2) is 54.0 Å². The van der Waals surface area contributed by atoms with Gasteiger partial charge < -0.3 is 14.7 Å². The number of halogens is 3. The zero-order valence-corrected chi connectivity index (χ0v) is 14.3. The van der Waals surface area contributed by atoms with Crippen molar-refractivity contribution in [2.75, 3.05) is 26.0 Å². The molecule has 9 heteroatoms. The minimum atomic E-state index is -4.88. The Morgan fingerprint density at radius 3 is 2.44 bits per heavy atom. The van der Waals surface area contributed by atoms with Gasteiger partial charge in [-0.05, 0) is 30.7 Å². The summed E-state index contributed by atoms with van der Waals surface area (Å²) >= 11 is 1.40. The monoisotopic (exact) mass is 377 g/mol. The number of thioether (sulfide) groups is 1. The number of hydrogen-bond donors (Lipinski definition) is 1. The van der Waals surface area contributed by atoms with E-state index in [0.29, 0.717) is 11.5 Å². The molecular weight excluding hydrogens is 359 g/mol. The molecular formula is C16H18F3NO4S. The normalized spacial score (nSPS) is 20.6. The van der Waals surface area contributed by atoms with Gasteiger partial charge in [-0.1, -0.05) is 0 Å². The molecule has 0 aromatic heterocycles. The zero-order valence-electron chi connectivity index (χ0n) is 13.5. The van der Waals surface area contributed by atoms with E-state index in [4.69, 9.17) is 9.84 Å². The summed E-state index contributed by atoms with van der Waals surface area (Å²) in [6, 6.07) is 7.19. The Morgan fingerprint density at radius 2 is 1.96 bits per heavy atom. The number of methoxy groups -OCH3 is 1. The average Bonchev–Trinajstić information content (AvgIpc) is 3.02. The van der Waals surface area contributed by atoms with Crippen molar-refractivity contribution in [3.05, 3.63) is 24.3 Å². The highest BCUT2D eigenvalue weighted by molar-refractivity contribution is 7.99. The number of amides is 1. The number of carbonyl (C=O) groups excluding carboxylic acids is 1. The van der Waals surface area contributed by atoms with Gasteiger partial charge in [0, 0.05) is 30.2 Å². The summed E-state index contributed by atoms with van der Waals surface area (Å²) in [5.41, 5.74) is -2.86. The number of hydrogen-bond acceptors (Lipinski definition) is 4. The van der Waals surface area contributed by atoms with Gasteiger partial charge in [-0.2, -0.15) is 13.2 Å². The molecule has 5 nitrogen and oxygen atoms in total. The Labute approximate surface area is 147 Å². The summed E-state index contributed by atoms with van der Waals surface area (Å²) in [4.78, 5) is 25.1. The van der Waals surface area contributed by atoms with E-state index in [2.05, 4.69) is 0 Å². The van der Waals surface area contributed by atoms with Gasteiger partial charge in [-0.25, -0.2) is 0 Å². The molecule has 1 aromatic rings. The SMILES string of the molecule is COc1ccc(SCCC(=O)N2CCC(C(=O)O)(C(F)(F)F)C2)cc1. The molecule has 25 heavy (non-hydrogen) atoms. The first kappa shape index (κ1) is 19.4. The molecule has 1 fully saturated rings. The summed E-state index contributed by atoms with van der Waals surface area (Å²) in [5, 5.41) is 8.99. The van der Waals surface area contributed by atoms with Gasteiger partial charge in [0.1, 0.15) is 5.75 Å². The van der Waals surface area contributed by atoms with E-state index in [1.165, 1.54) is 11.8 Å². The Bertz CT molecular complexity index is 635. The highest BCUT2D eigenvalue weighted by atomic mass is 32.2. The summed E-state index contributed by atoms with van der Waals surface area (Å²) in [7, 11) is 1.55. The fourth-order valence-corrected chi connectivity index (χ4v) is 3.48. The maximum Gasteiger partial charge on any atom is 0.406 e. The number of rotatable bonds is 6. The van der Waals surface area contributed by atoms with Crippen LogP contribution in [0.3, 0.4) is 0 Å². The second-order valence-electron chi connectivity index (χ2n) is 5.72. The van der Waals surface area contributed by atoms with Crippen LogP contribution in [-0.2, 0) is 9.59 Å². The second-order valence-corrected chi connectivity index (χ2v) is 6.89. The molecule has 1 atom stereocenters. The zero-order chi connectivity index (χ0) is 18.7. The number of carbonyl (C=O) groups is 2. The van der Waals surface area contributed by atoms with Crippen molar-refractivity contribution in [2.45, 2.75) is 23.9 Å². The van der Waals surface area contributed by atoms with Crippen LogP contribution in [0.4, 0.5) is 13.2 Å². The van der Waals surface area contributed by atoms with E-state index < -0.39 is 36.4 Å². The Balaban J connectivity index is 1.88. The first-order valence-corrected chi connectivity index (χ1v) is 8.53. The number of aliphatic carboxylic acids is 1. The predicted molar refractivity (Wildman–Crippen MR) is 85.7 cm³/mol. The number of likely N-dealkylation sites (tertiary alicyclic amines) is 1. The van der Waals surface area contributed by atoms with Crippen molar-refractivity contribution in [1.82, 2.24) is 4.90 Å². The first-order chi connectivity index (χ1) is 11.7. The molecule has 0 spiro atoms. The van der Waals surface area contributed by atoms with Gasteiger partial charge in [-0.15, -0.1) is 11.8 Å². The van der Waals surface area contributed by atoms with Crippen molar-refractivity contribution in [3.8, 4) is 5.75 Å². The standard InChI is InChI=1S/C16H18F3NO4S/c1-24-11-2-4-12(5-3-11)25-9-6-13(21)20-8-7-15(10-20,14(22)23)16(17,18)19/h2-5H,6-10H2,1H3,(H,22,23). The lowest BCUT2D eigenvalue weighted by atomic mass is 9.86. The second kappa shape index (κ2) is 7.55. The highest BCUT2D eigenvalue weighted by Gasteiger charge is 2.64. The van der Waals surface area contributed by atoms with Crippen molar-refractivity contribution < 1.29 is 32.6 Å². The van der Waals surface area contributed by atoms with Crippen molar-refractivity contribution in [3.63, 3.8) is 0 Å². The van der Waals surface area contributed by atoms with E-state index >= 15 is 0 Å². The smallest absolute Gasteiger partial charge is 0.406 e. The third kappa shape index (κ3) is 4.20. The van der Waals surface area contributed by atoms with Gasteiger partial charge in [-0.3, -0.25) is 9.59 Å². The molecule has 0 radical (unpaired) electrons. The maximum absolute atomic E-state index is 13.1. The van der Waals surface area contributed by atoms with Gasteiger partial charge in [0.2, 0.25) is 5.91 Å². The molecule has 2 rings (SSSR count). The van der Waals surface area contributed by atoms with Gasteiger partial charge in [0.05, 0.1) is 7.11 Å². The number of ether oxygens (including phenoxy) is 1. The predicted octanol–water partition coefficient (Wildman–Crippen LogP) is 3.04. The van der Waals surface area contributed by atoms with Crippen LogP contribution < -0.4 is 4.74 Å². The van der Waals surface area contributed by atoms with E-state index in [1.807, 2.05) is 12.1 Å². The summed E-state index contributed by atoms with van der Waals surface area (Å²) in [6.45, 7) is -1.02. The fraction of sp³-hybridized carbons (Fsp3) is 0.500. The molecule has 0 aliphatic carbocycles. The molecule has 1 heterocycles. The molecule has 0 saturated carbocycles. The van der Waals surface area contributed by atoms with Crippen LogP contribution in [0.1, 0.15) is 12.8 Å². The first-order valence-electron chi connectivity index (χ1n) is 7.54. The molecule has 1 aromatic carbocycles. The minimum Gasteiger partial charge on any atom is -0.497 e. The van der Waals surface area contributed by atoms with Crippen molar-refractivity contribution >= 4 is 23.6 Å². The summed E-state index contributed by atoms with van der Waals surface area (Å²) in [5.74, 6) is -1.29. The van der Waals surface area contributed by atoms with Crippen LogP contribution in [0, 0.1) is 5.41 Å². The number of carboxylic acids is 1. The summed E-state index contributed by atoms with van der Waals surface area (Å²) in [6.07, 6.45) is -5.45. The lowest BCUT2D eigenvalue weighted by Gasteiger charge is -2.27. The molecule has 1 unspecified atom stereocenters. The molecule has 0 bridgehead atoms. The van der Waals surface area contributed by atoms with E-state index in [9.17, 15) is 22.8 Å². The molecule has 1 amide bonds. The average molecular weight is 377 g/mol. The Hall–Kier alpha value is -1.90. The summed E-state index contributed by atoms with van der Waals surface area (Å²) < 4.78 is 44.4. The molecule has 1 aliphatic rings. The van der Waals surface area contributed by atoms with Crippen molar-refractivity contribution in [1.29, 1.82) is 0 Å². The molecule has 1 aliphatic heterocycles. The van der Waals surface area contributed by atoms with E-state index in [1.54, 1.807) is 19.2 Å². The molecule has 1 N–H and O–H groups in total. The number of alkyl halides is 3. The fourth-order valence-electron chi connectivity index (χ4n) is 2.64. The van der Waals surface area contributed by atoms with Crippen LogP contribution in [0.5, 0.6) is 5.75 Å². The minimum absolute atomic E-state index is 0.0459. The van der Waals surface area contributed by atoms with Gasteiger partial charge >= 0.3 is 12.1 Å². The van der Waals surface area contributed by atoms with Gasteiger partial charge in [0.15, 0.2) is 5.41 Å². The number of carboxylic acid groups (broad SMARTS) is 1.